The van der Waals surface area contributed by atoms with Gasteiger partial charge in [0, 0.05) is 30.4 Å². The Balaban J connectivity index is 1.65. The fourth-order valence-electron chi connectivity index (χ4n) is 3.44. The van der Waals surface area contributed by atoms with Crippen LogP contribution in [0.2, 0.25) is 0 Å². The molecule has 0 radical (unpaired) electrons. The lowest BCUT2D eigenvalue weighted by molar-refractivity contribution is 0.129. The lowest BCUT2D eigenvalue weighted by Gasteiger charge is -2.29. The standard InChI is InChI=1S/C22H19F2N3O2S/c1-29-22(28)27-11-9-16(21-25-10-12-30-21)17(13-27)14-5-7-15(8-6-14)26-20-18(23)3-2-4-19(20)24/h2-8,10,12,26H,9,11,13H2,1H3. The largest absolute Gasteiger partial charge is 0.453 e. The third-order valence-electron chi connectivity index (χ3n) is 4.93. The van der Waals surface area contributed by atoms with Crippen molar-refractivity contribution in [2.75, 3.05) is 25.5 Å². The van der Waals surface area contributed by atoms with Gasteiger partial charge in [-0.05, 0) is 47.4 Å². The molecule has 4 rings (SSSR count). The van der Waals surface area contributed by atoms with E-state index in [1.54, 1.807) is 34.6 Å². The number of hydrogen-bond donors (Lipinski definition) is 1. The summed E-state index contributed by atoms with van der Waals surface area (Å²) in [4.78, 5) is 18.1. The van der Waals surface area contributed by atoms with Gasteiger partial charge in [0.25, 0.3) is 0 Å². The van der Waals surface area contributed by atoms with Crippen molar-refractivity contribution in [3.05, 3.63) is 76.2 Å². The number of aromatic nitrogens is 1. The lowest BCUT2D eigenvalue weighted by Crippen LogP contribution is -2.36. The number of halogens is 2. The van der Waals surface area contributed by atoms with E-state index >= 15 is 0 Å². The van der Waals surface area contributed by atoms with E-state index in [-0.39, 0.29) is 11.8 Å². The first-order chi connectivity index (χ1) is 14.6. The van der Waals surface area contributed by atoms with E-state index in [0.717, 1.165) is 21.7 Å². The van der Waals surface area contributed by atoms with Crippen molar-refractivity contribution in [1.29, 1.82) is 0 Å². The summed E-state index contributed by atoms with van der Waals surface area (Å²) in [6.07, 6.45) is 2.05. The van der Waals surface area contributed by atoms with E-state index in [1.807, 2.05) is 17.5 Å². The number of hydrogen-bond acceptors (Lipinski definition) is 5. The summed E-state index contributed by atoms with van der Waals surface area (Å²) in [7, 11) is 1.37. The van der Waals surface area contributed by atoms with Gasteiger partial charge in [0.05, 0.1) is 7.11 Å². The van der Waals surface area contributed by atoms with Crippen LogP contribution in [0.3, 0.4) is 0 Å². The van der Waals surface area contributed by atoms with Crippen LogP contribution in [-0.4, -0.2) is 36.2 Å². The molecule has 5 nitrogen and oxygen atoms in total. The number of ether oxygens (including phenoxy) is 1. The Morgan fingerprint density at radius 3 is 2.50 bits per heavy atom. The molecule has 154 valence electrons. The van der Waals surface area contributed by atoms with Gasteiger partial charge in [0.15, 0.2) is 0 Å². The summed E-state index contributed by atoms with van der Waals surface area (Å²) in [6, 6.07) is 11.0. The zero-order chi connectivity index (χ0) is 21.1. The zero-order valence-electron chi connectivity index (χ0n) is 16.2. The summed E-state index contributed by atoms with van der Waals surface area (Å²) in [5, 5.41) is 5.63. The summed E-state index contributed by atoms with van der Waals surface area (Å²) in [6.45, 7) is 0.952. The smallest absolute Gasteiger partial charge is 0.409 e. The molecule has 3 aromatic rings. The Bertz CT molecular complexity index is 1060. The van der Waals surface area contributed by atoms with E-state index in [4.69, 9.17) is 4.74 Å². The van der Waals surface area contributed by atoms with Crippen molar-refractivity contribution in [2.24, 2.45) is 0 Å². The second-order valence-corrected chi connectivity index (χ2v) is 7.63. The van der Waals surface area contributed by atoms with Gasteiger partial charge in [-0.2, -0.15) is 0 Å². The molecule has 0 saturated heterocycles. The quantitative estimate of drug-likeness (QED) is 0.593. The first-order valence-electron chi connectivity index (χ1n) is 9.33. The van der Waals surface area contributed by atoms with Crippen LogP contribution in [0.25, 0.3) is 11.1 Å². The monoisotopic (exact) mass is 427 g/mol. The van der Waals surface area contributed by atoms with Crippen LogP contribution in [0.5, 0.6) is 0 Å². The molecule has 0 spiro atoms. The third-order valence-corrected chi connectivity index (χ3v) is 5.77. The maximum absolute atomic E-state index is 13.9. The number of rotatable bonds is 4. The molecular formula is C22H19F2N3O2S. The number of amides is 1. The Morgan fingerprint density at radius 2 is 1.87 bits per heavy atom. The Labute approximate surface area is 176 Å². The molecule has 1 aromatic heterocycles. The highest BCUT2D eigenvalue weighted by atomic mass is 32.1. The molecule has 0 unspecified atom stereocenters. The van der Waals surface area contributed by atoms with Gasteiger partial charge in [0.1, 0.15) is 22.3 Å². The Hall–Kier alpha value is -3.26. The predicted octanol–water partition coefficient (Wildman–Crippen LogP) is 5.55. The number of benzene rings is 2. The maximum atomic E-state index is 13.9. The minimum Gasteiger partial charge on any atom is -0.453 e. The van der Waals surface area contributed by atoms with E-state index in [9.17, 15) is 13.6 Å². The molecule has 2 heterocycles. The highest BCUT2D eigenvalue weighted by molar-refractivity contribution is 7.10. The maximum Gasteiger partial charge on any atom is 0.409 e. The van der Waals surface area contributed by atoms with Gasteiger partial charge >= 0.3 is 6.09 Å². The van der Waals surface area contributed by atoms with Crippen molar-refractivity contribution in [3.63, 3.8) is 0 Å². The number of methoxy groups -OCH3 is 1. The molecule has 0 fully saturated rings. The van der Waals surface area contributed by atoms with Crippen molar-refractivity contribution in [1.82, 2.24) is 9.88 Å². The van der Waals surface area contributed by atoms with Crippen LogP contribution in [0, 0.1) is 11.6 Å². The molecule has 1 aliphatic heterocycles. The van der Waals surface area contributed by atoms with Gasteiger partial charge in [0.2, 0.25) is 0 Å². The number of anilines is 2. The fraction of sp³-hybridized carbons (Fsp3) is 0.182. The minimum absolute atomic E-state index is 0.192. The Morgan fingerprint density at radius 1 is 1.13 bits per heavy atom. The van der Waals surface area contributed by atoms with Crippen LogP contribution in [-0.2, 0) is 4.74 Å². The van der Waals surface area contributed by atoms with Crippen LogP contribution in [0.4, 0.5) is 25.0 Å². The summed E-state index contributed by atoms with van der Waals surface area (Å²) >= 11 is 1.55. The van der Waals surface area contributed by atoms with E-state index in [1.165, 1.54) is 25.3 Å². The molecule has 0 aliphatic carbocycles. The van der Waals surface area contributed by atoms with Crippen LogP contribution in [0.15, 0.2) is 54.0 Å². The average molecular weight is 427 g/mol. The van der Waals surface area contributed by atoms with Crippen molar-refractivity contribution >= 4 is 40.0 Å². The lowest BCUT2D eigenvalue weighted by atomic mass is 9.94. The van der Waals surface area contributed by atoms with Crippen LogP contribution < -0.4 is 5.32 Å². The second-order valence-electron chi connectivity index (χ2n) is 6.73. The molecule has 8 heteroatoms. The number of thiazole rings is 1. The second kappa shape index (κ2) is 8.62. The summed E-state index contributed by atoms with van der Waals surface area (Å²) < 4.78 is 32.7. The molecule has 1 amide bonds. The average Bonchev–Trinajstić information content (AvgIpc) is 3.31. The van der Waals surface area contributed by atoms with E-state index in [0.29, 0.717) is 25.2 Å². The molecule has 1 N–H and O–H groups in total. The fourth-order valence-corrected chi connectivity index (χ4v) is 4.18. The van der Waals surface area contributed by atoms with Crippen molar-refractivity contribution < 1.29 is 18.3 Å². The third kappa shape index (κ3) is 4.04. The molecule has 0 saturated carbocycles. The van der Waals surface area contributed by atoms with Crippen LogP contribution >= 0.6 is 11.3 Å². The number of carbonyl (C=O) groups is 1. The van der Waals surface area contributed by atoms with Crippen molar-refractivity contribution in [2.45, 2.75) is 6.42 Å². The number of para-hydroxylation sites is 1. The number of nitrogens with zero attached hydrogens (tertiary/aromatic N) is 2. The molecule has 30 heavy (non-hydrogen) atoms. The summed E-state index contributed by atoms with van der Waals surface area (Å²) in [5.74, 6) is -1.32. The SMILES string of the molecule is COC(=O)N1CCC(c2nccs2)=C(c2ccc(Nc3c(F)cccc3F)cc2)C1. The highest BCUT2D eigenvalue weighted by Gasteiger charge is 2.26. The predicted molar refractivity (Wildman–Crippen MR) is 114 cm³/mol. The first kappa shape index (κ1) is 20.0. The number of carbonyl (C=O) groups excluding carboxylic acids is 1. The molecule has 0 atom stereocenters. The van der Waals surface area contributed by atoms with Crippen molar-refractivity contribution in [3.8, 4) is 0 Å². The van der Waals surface area contributed by atoms with Gasteiger partial charge in [-0.15, -0.1) is 11.3 Å². The van der Waals surface area contributed by atoms with Gasteiger partial charge < -0.3 is 15.0 Å². The molecular weight excluding hydrogens is 408 g/mol. The molecule has 1 aliphatic rings. The van der Waals surface area contributed by atoms with E-state index in [2.05, 4.69) is 10.3 Å². The Kier molecular flexibility index (Phi) is 5.76. The van der Waals surface area contributed by atoms with E-state index < -0.39 is 11.6 Å². The number of nitrogens with one attached hydrogen (secondary N) is 1. The van der Waals surface area contributed by atoms with Gasteiger partial charge in [-0.1, -0.05) is 18.2 Å². The van der Waals surface area contributed by atoms with Crippen LogP contribution in [0.1, 0.15) is 17.0 Å². The highest BCUT2D eigenvalue weighted by Crippen LogP contribution is 2.35. The topological polar surface area (TPSA) is 54.5 Å². The normalized spacial score (nSPS) is 14.0. The first-order valence-corrected chi connectivity index (χ1v) is 10.2. The minimum atomic E-state index is -0.658. The van der Waals surface area contributed by atoms with Gasteiger partial charge in [-0.25, -0.2) is 18.6 Å². The molecule has 0 bridgehead atoms. The van der Waals surface area contributed by atoms with Gasteiger partial charge in [-0.3, -0.25) is 0 Å². The molecule has 2 aromatic carbocycles. The summed E-state index contributed by atoms with van der Waals surface area (Å²) in [5.41, 5.74) is 3.34. The zero-order valence-corrected chi connectivity index (χ0v) is 17.0.